The first kappa shape index (κ1) is 20.0. The van der Waals surface area contributed by atoms with Crippen LogP contribution in [0.1, 0.15) is 42.5 Å². The monoisotopic (exact) mass is 380 g/mol. The number of anilines is 1. The SMILES string of the molecule is C=C(C=O)CNc1cc(C(=O)NS(C)(=O)=O)ccc1OC1CCCCC1. The molecule has 1 aliphatic carbocycles. The summed E-state index contributed by atoms with van der Waals surface area (Å²) in [5, 5.41) is 3.03. The van der Waals surface area contributed by atoms with E-state index in [4.69, 9.17) is 4.74 Å². The van der Waals surface area contributed by atoms with Crippen LogP contribution in [-0.2, 0) is 14.8 Å². The third kappa shape index (κ3) is 6.18. The lowest BCUT2D eigenvalue weighted by Gasteiger charge is -2.24. The molecule has 8 heteroatoms. The van der Waals surface area contributed by atoms with Crippen LogP contribution < -0.4 is 14.8 Å². The Labute approximate surface area is 153 Å². The lowest BCUT2D eigenvalue weighted by Crippen LogP contribution is -2.29. The number of rotatable bonds is 8. The van der Waals surface area contributed by atoms with Gasteiger partial charge in [0, 0.05) is 17.7 Å². The molecular weight excluding hydrogens is 356 g/mol. The maximum Gasteiger partial charge on any atom is 0.264 e. The number of benzene rings is 1. The molecule has 0 aromatic heterocycles. The number of aldehydes is 1. The average Bonchev–Trinajstić information content (AvgIpc) is 2.60. The molecule has 2 N–H and O–H groups in total. The number of hydrogen-bond acceptors (Lipinski definition) is 6. The molecule has 1 aromatic rings. The molecule has 1 aliphatic rings. The first-order valence-corrected chi connectivity index (χ1v) is 10.4. The summed E-state index contributed by atoms with van der Waals surface area (Å²) in [6, 6.07) is 4.66. The van der Waals surface area contributed by atoms with Gasteiger partial charge in [0.25, 0.3) is 5.91 Å². The van der Waals surface area contributed by atoms with E-state index >= 15 is 0 Å². The van der Waals surface area contributed by atoms with E-state index in [-0.39, 0.29) is 18.2 Å². The Morgan fingerprint density at radius 2 is 2.00 bits per heavy atom. The number of amides is 1. The summed E-state index contributed by atoms with van der Waals surface area (Å²) in [6.07, 6.45) is 7.04. The minimum Gasteiger partial charge on any atom is -0.488 e. The Bertz CT molecular complexity index is 783. The van der Waals surface area contributed by atoms with Crippen molar-refractivity contribution in [1.82, 2.24) is 4.72 Å². The van der Waals surface area contributed by atoms with Crippen LogP contribution in [0, 0.1) is 0 Å². The molecule has 26 heavy (non-hydrogen) atoms. The Balaban J connectivity index is 2.23. The van der Waals surface area contributed by atoms with Gasteiger partial charge in [0.1, 0.15) is 12.0 Å². The lowest BCUT2D eigenvalue weighted by molar-refractivity contribution is -0.104. The highest BCUT2D eigenvalue weighted by Crippen LogP contribution is 2.30. The van der Waals surface area contributed by atoms with Gasteiger partial charge in [-0.05, 0) is 43.9 Å². The van der Waals surface area contributed by atoms with Crippen molar-refractivity contribution in [1.29, 1.82) is 0 Å². The highest BCUT2D eigenvalue weighted by Gasteiger charge is 2.18. The van der Waals surface area contributed by atoms with Crippen molar-refractivity contribution >= 4 is 27.9 Å². The van der Waals surface area contributed by atoms with Crippen molar-refractivity contribution in [3.63, 3.8) is 0 Å². The highest BCUT2D eigenvalue weighted by atomic mass is 32.2. The molecule has 0 spiro atoms. The summed E-state index contributed by atoms with van der Waals surface area (Å²) in [6.45, 7) is 3.81. The van der Waals surface area contributed by atoms with Crippen LogP contribution >= 0.6 is 0 Å². The van der Waals surface area contributed by atoms with Crippen LogP contribution in [-0.4, -0.2) is 39.5 Å². The number of carbonyl (C=O) groups excluding carboxylic acids is 2. The number of carbonyl (C=O) groups is 2. The molecule has 142 valence electrons. The molecule has 1 amide bonds. The molecule has 1 saturated carbocycles. The molecule has 2 rings (SSSR count). The maximum absolute atomic E-state index is 12.1. The van der Waals surface area contributed by atoms with E-state index in [1.807, 2.05) is 4.72 Å². The Morgan fingerprint density at radius 1 is 1.31 bits per heavy atom. The molecule has 0 unspecified atom stereocenters. The molecule has 0 saturated heterocycles. The Hall–Kier alpha value is -2.35. The first-order chi connectivity index (χ1) is 12.3. The van der Waals surface area contributed by atoms with Gasteiger partial charge in [0.15, 0.2) is 0 Å². The fraction of sp³-hybridized carbons (Fsp3) is 0.444. The van der Waals surface area contributed by atoms with Gasteiger partial charge < -0.3 is 10.1 Å². The molecule has 1 aromatic carbocycles. The zero-order valence-corrected chi connectivity index (χ0v) is 15.6. The zero-order chi connectivity index (χ0) is 19.2. The summed E-state index contributed by atoms with van der Waals surface area (Å²) in [4.78, 5) is 22.8. The summed E-state index contributed by atoms with van der Waals surface area (Å²) >= 11 is 0. The van der Waals surface area contributed by atoms with Crippen LogP contribution in [0.4, 0.5) is 5.69 Å². The normalized spacial score (nSPS) is 15.1. The first-order valence-electron chi connectivity index (χ1n) is 8.48. The van der Waals surface area contributed by atoms with Gasteiger partial charge in [-0.2, -0.15) is 0 Å². The fourth-order valence-corrected chi connectivity index (χ4v) is 3.21. The van der Waals surface area contributed by atoms with Crippen LogP contribution in [0.15, 0.2) is 30.4 Å². The largest absolute Gasteiger partial charge is 0.488 e. The minimum atomic E-state index is -3.66. The van der Waals surface area contributed by atoms with E-state index in [1.165, 1.54) is 18.6 Å². The molecule has 0 atom stereocenters. The smallest absolute Gasteiger partial charge is 0.264 e. The number of hydrogen-bond donors (Lipinski definition) is 2. The van der Waals surface area contributed by atoms with Crippen molar-refractivity contribution in [3.8, 4) is 5.75 Å². The molecule has 7 nitrogen and oxygen atoms in total. The summed E-state index contributed by atoms with van der Waals surface area (Å²) < 4.78 is 30.5. The van der Waals surface area contributed by atoms with E-state index in [9.17, 15) is 18.0 Å². The quantitative estimate of drug-likeness (QED) is 0.530. The van der Waals surface area contributed by atoms with Crippen molar-refractivity contribution in [3.05, 3.63) is 35.9 Å². The van der Waals surface area contributed by atoms with Gasteiger partial charge in [0.05, 0.1) is 18.0 Å². The number of sulfonamides is 1. The van der Waals surface area contributed by atoms with Crippen molar-refractivity contribution < 1.29 is 22.7 Å². The van der Waals surface area contributed by atoms with Gasteiger partial charge in [-0.3, -0.25) is 9.59 Å². The Morgan fingerprint density at radius 3 is 2.62 bits per heavy atom. The number of ether oxygens (including phenoxy) is 1. The zero-order valence-electron chi connectivity index (χ0n) is 14.8. The molecular formula is C18H24N2O5S. The predicted octanol–water partition coefficient (Wildman–Crippen LogP) is 2.25. The molecule has 0 aliphatic heterocycles. The Kier molecular flexibility index (Phi) is 6.79. The van der Waals surface area contributed by atoms with E-state index in [0.29, 0.717) is 23.3 Å². The molecule has 1 fully saturated rings. The van der Waals surface area contributed by atoms with Gasteiger partial charge in [0.2, 0.25) is 10.0 Å². The van der Waals surface area contributed by atoms with Crippen LogP contribution in [0.3, 0.4) is 0 Å². The minimum absolute atomic E-state index is 0.106. The van der Waals surface area contributed by atoms with Gasteiger partial charge in [-0.1, -0.05) is 13.0 Å². The number of nitrogens with one attached hydrogen (secondary N) is 2. The van der Waals surface area contributed by atoms with Crippen LogP contribution in [0.5, 0.6) is 5.75 Å². The van der Waals surface area contributed by atoms with E-state index in [2.05, 4.69) is 11.9 Å². The molecule has 0 bridgehead atoms. The van der Waals surface area contributed by atoms with Crippen LogP contribution in [0.25, 0.3) is 0 Å². The summed E-state index contributed by atoms with van der Waals surface area (Å²) in [5.41, 5.74) is 1.03. The van der Waals surface area contributed by atoms with Gasteiger partial charge >= 0.3 is 0 Å². The van der Waals surface area contributed by atoms with Crippen molar-refractivity contribution in [2.75, 3.05) is 18.1 Å². The third-order valence-electron chi connectivity index (χ3n) is 4.04. The summed E-state index contributed by atoms with van der Waals surface area (Å²) in [5.74, 6) is -0.166. The van der Waals surface area contributed by atoms with E-state index in [0.717, 1.165) is 31.9 Å². The van der Waals surface area contributed by atoms with Gasteiger partial charge in [-0.25, -0.2) is 13.1 Å². The fourth-order valence-electron chi connectivity index (χ4n) is 2.75. The summed E-state index contributed by atoms with van der Waals surface area (Å²) in [7, 11) is -3.66. The van der Waals surface area contributed by atoms with Gasteiger partial charge in [-0.15, -0.1) is 0 Å². The average molecular weight is 380 g/mol. The lowest BCUT2D eigenvalue weighted by atomic mass is 9.98. The van der Waals surface area contributed by atoms with E-state index in [1.54, 1.807) is 6.07 Å². The predicted molar refractivity (Wildman–Crippen MR) is 99.9 cm³/mol. The third-order valence-corrected chi connectivity index (χ3v) is 4.59. The van der Waals surface area contributed by atoms with Crippen molar-refractivity contribution in [2.24, 2.45) is 0 Å². The van der Waals surface area contributed by atoms with E-state index < -0.39 is 15.9 Å². The molecule has 0 heterocycles. The van der Waals surface area contributed by atoms with Crippen LogP contribution in [0.2, 0.25) is 0 Å². The second kappa shape index (κ2) is 8.84. The van der Waals surface area contributed by atoms with Crippen molar-refractivity contribution in [2.45, 2.75) is 38.2 Å². The highest BCUT2D eigenvalue weighted by molar-refractivity contribution is 7.89. The maximum atomic E-state index is 12.1. The standard InChI is InChI=1S/C18H24N2O5S/c1-13(12-21)11-19-16-10-14(18(22)20-26(2,23)24)8-9-17(16)25-15-6-4-3-5-7-15/h8-10,12,15,19H,1,3-7,11H2,2H3,(H,20,22). The topological polar surface area (TPSA) is 102 Å². The second-order valence-corrected chi connectivity index (χ2v) is 8.17. The molecule has 0 radical (unpaired) electrons. The second-order valence-electron chi connectivity index (χ2n) is 6.42.